The van der Waals surface area contributed by atoms with Crippen molar-refractivity contribution in [2.75, 3.05) is 6.54 Å². The number of piperidine rings is 1. The third-order valence-electron chi connectivity index (χ3n) is 4.91. The second-order valence-electron chi connectivity index (χ2n) is 6.63. The number of aryl methyl sites for hydroxylation is 3. The summed E-state index contributed by atoms with van der Waals surface area (Å²) in [6, 6.07) is 3.89. The van der Waals surface area contributed by atoms with Gasteiger partial charge in [-0.05, 0) is 46.1 Å². The largest absolute Gasteiger partial charge is 0.361 e. The van der Waals surface area contributed by atoms with Gasteiger partial charge in [0.1, 0.15) is 11.3 Å². The average Bonchev–Trinajstić information content (AvgIpc) is 3.21. The molecule has 0 aromatic carbocycles. The predicted molar refractivity (Wildman–Crippen MR) is 91.3 cm³/mol. The molecule has 1 unspecified atom stereocenters. The summed E-state index contributed by atoms with van der Waals surface area (Å²) in [5.74, 6) is 0.552. The highest BCUT2D eigenvalue weighted by Crippen LogP contribution is 2.32. The predicted octanol–water partition coefficient (Wildman–Crippen LogP) is 3.01. The van der Waals surface area contributed by atoms with Crippen LogP contribution in [-0.2, 0) is 0 Å². The fraction of sp³-hybridized carbons (Fsp3) is 0.444. The Balaban J connectivity index is 1.74. The molecule has 1 amide bonds. The summed E-state index contributed by atoms with van der Waals surface area (Å²) >= 11 is 0. The Morgan fingerprint density at radius 3 is 2.88 bits per heavy atom. The van der Waals surface area contributed by atoms with E-state index in [1.54, 1.807) is 13.1 Å². The molecule has 3 aromatic heterocycles. The van der Waals surface area contributed by atoms with Crippen molar-refractivity contribution in [2.24, 2.45) is 0 Å². The zero-order valence-electron chi connectivity index (χ0n) is 14.7. The number of hydrogen-bond acceptors (Lipinski definition) is 5. The maximum absolute atomic E-state index is 13.2. The molecule has 1 fully saturated rings. The summed E-state index contributed by atoms with van der Waals surface area (Å²) in [5.41, 5.74) is 3.96. The van der Waals surface area contributed by atoms with E-state index in [1.165, 1.54) is 0 Å². The molecule has 7 heteroatoms. The van der Waals surface area contributed by atoms with E-state index in [9.17, 15) is 4.79 Å². The van der Waals surface area contributed by atoms with E-state index in [1.807, 2.05) is 35.4 Å². The molecule has 1 saturated heterocycles. The molecule has 4 rings (SSSR count). The van der Waals surface area contributed by atoms with Gasteiger partial charge >= 0.3 is 0 Å². The molecular weight excluding hydrogens is 318 g/mol. The highest BCUT2D eigenvalue weighted by Gasteiger charge is 2.32. The molecule has 7 nitrogen and oxygen atoms in total. The van der Waals surface area contributed by atoms with Crippen LogP contribution in [0.25, 0.3) is 5.65 Å². The lowest BCUT2D eigenvalue weighted by Gasteiger charge is -2.35. The van der Waals surface area contributed by atoms with Crippen molar-refractivity contribution in [1.29, 1.82) is 0 Å². The number of likely N-dealkylation sites (tertiary alicyclic amines) is 1. The molecule has 0 radical (unpaired) electrons. The number of nitrogens with zero attached hydrogens (tertiary/aromatic N) is 5. The Labute approximate surface area is 145 Å². The van der Waals surface area contributed by atoms with Gasteiger partial charge in [0.2, 0.25) is 0 Å². The smallest absolute Gasteiger partial charge is 0.259 e. The van der Waals surface area contributed by atoms with Crippen LogP contribution in [0.5, 0.6) is 0 Å². The minimum atomic E-state index is -0.0337. The van der Waals surface area contributed by atoms with E-state index in [0.717, 1.165) is 42.8 Å². The molecular formula is C18H21N5O2. The molecule has 25 heavy (non-hydrogen) atoms. The van der Waals surface area contributed by atoms with Gasteiger partial charge in [0, 0.05) is 18.3 Å². The van der Waals surface area contributed by atoms with Crippen molar-refractivity contribution in [3.63, 3.8) is 0 Å². The van der Waals surface area contributed by atoms with E-state index >= 15 is 0 Å². The van der Waals surface area contributed by atoms with E-state index < -0.39 is 0 Å². The van der Waals surface area contributed by atoms with Gasteiger partial charge in [-0.2, -0.15) is 5.10 Å². The number of fused-ring (bicyclic) bond motifs is 1. The Morgan fingerprint density at radius 1 is 1.28 bits per heavy atom. The molecule has 1 atom stereocenters. The third kappa shape index (κ3) is 2.59. The highest BCUT2D eigenvalue weighted by atomic mass is 16.5. The number of carbonyl (C=O) groups is 1. The number of aromatic nitrogens is 4. The Hall–Kier alpha value is -2.70. The lowest BCUT2D eigenvalue weighted by Crippen LogP contribution is -2.39. The zero-order valence-corrected chi connectivity index (χ0v) is 14.7. The van der Waals surface area contributed by atoms with Crippen LogP contribution in [0.4, 0.5) is 0 Å². The Bertz CT molecular complexity index is 923. The first kappa shape index (κ1) is 15.8. The molecule has 0 aliphatic carbocycles. The molecule has 0 spiro atoms. The summed E-state index contributed by atoms with van der Waals surface area (Å²) in [4.78, 5) is 19.8. The van der Waals surface area contributed by atoms with Crippen molar-refractivity contribution in [3.8, 4) is 0 Å². The van der Waals surface area contributed by atoms with Gasteiger partial charge in [0.05, 0.1) is 23.6 Å². The lowest BCUT2D eigenvalue weighted by molar-refractivity contribution is 0.0603. The minimum Gasteiger partial charge on any atom is -0.361 e. The molecule has 1 aliphatic heterocycles. The monoisotopic (exact) mass is 339 g/mol. The molecule has 130 valence electrons. The first-order valence-corrected chi connectivity index (χ1v) is 8.61. The van der Waals surface area contributed by atoms with Crippen LogP contribution in [0.2, 0.25) is 0 Å². The van der Waals surface area contributed by atoms with Gasteiger partial charge in [-0.3, -0.25) is 4.79 Å². The van der Waals surface area contributed by atoms with Crippen molar-refractivity contribution >= 4 is 11.6 Å². The van der Waals surface area contributed by atoms with Gasteiger partial charge in [0.15, 0.2) is 5.65 Å². The number of hydrogen-bond donors (Lipinski definition) is 0. The average molecular weight is 339 g/mol. The lowest BCUT2D eigenvalue weighted by atomic mass is 9.97. The van der Waals surface area contributed by atoms with Crippen LogP contribution in [0, 0.1) is 20.8 Å². The number of amides is 1. The fourth-order valence-electron chi connectivity index (χ4n) is 3.68. The van der Waals surface area contributed by atoms with Crippen molar-refractivity contribution in [1.82, 2.24) is 24.7 Å². The van der Waals surface area contributed by atoms with Crippen LogP contribution in [0.1, 0.15) is 58.5 Å². The first-order valence-electron chi connectivity index (χ1n) is 8.61. The van der Waals surface area contributed by atoms with E-state index in [4.69, 9.17) is 9.51 Å². The highest BCUT2D eigenvalue weighted by molar-refractivity contribution is 5.96. The Morgan fingerprint density at radius 2 is 2.12 bits per heavy atom. The molecule has 0 bridgehead atoms. The second kappa shape index (κ2) is 5.98. The van der Waals surface area contributed by atoms with Gasteiger partial charge in [-0.25, -0.2) is 9.50 Å². The van der Waals surface area contributed by atoms with Gasteiger partial charge in [0.25, 0.3) is 5.91 Å². The van der Waals surface area contributed by atoms with Crippen LogP contribution in [0.15, 0.2) is 22.9 Å². The normalized spacial score (nSPS) is 18.0. The third-order valence-corrected chi connectivity index (χ3v) is 4.91. The summed E-state index contributed by atoms with van der Waals surface area (Å²) in [6.07, 6.45) is 4.74. The standard InChI is InChI=1S/C18H21N5O2/c1-11-10-14(20-16-7-8-19-23(11)16)15-6-4-5-9-22(15)18(24)17-12(2)21-25-13(17)3/h7-8,10,15H,4-6,9H2,1-3H3. The molecule has 0 saturated carbocycles. The summed E-state index contributed by atoms with van der Waals surface area (Å²) in [6.45, 7) is 6.32. The number of rotatable bonds is 2. The molecule has 3 aromatic rings. The van der Waals surface area contributed by atoms with Crippen molar-refractivity contribution in [3.05, 3.63) is 46.7 Å². The summed E-state index contributed by atoms with van der Waals surface area (Å²) in [5, 5.41) is 8.20. The number of carbonyl (C=O) groups excluding carboxylic acids is 1. The van der Waals surface area contributed by atoms with E-state index in [-0.39, 0.29) is 11.9 Å². The summed E-state index contributed by atoms with van der Waals surface area (Å²) in [7, 11) is 0. The second-order valence-corrected chi connectivity index (χ2v) is 6.63. The van der Waals surface area contributed by atoms with Crippen LogP contribution in [-0.4, -0.2) is 37.1 Å². The van der Waals surface area contributed by atoms with Crippen molar-refractivity contribution in [2.45, 2.75) is 46.1 Å². The van der Waals surface area contributed by atoms with Crippen LogP contribution in [0.3, 0.4) is 0 Å². The van der Waals surface area contributed by atoms with E-state index in [0.29, 0.717) is 17.0 Å². The van der Waals surface area contributed by atoms with Gasteiger partial charge in [-0.15, -0.1) is 0 Å². The van der Waals surface area contributed by atoms with Crippen molar-refractivity contribution < 1.29 is 9.32 Å². The Kier molecular flexibility index (Phi) is 3.78. The molecule has 4 heterocycles. The molecule has 0 N–H and O–H groups in total. The quantitative estimate of drug-likeness (QED) is 0.717. The topological polar surface area (TPSA) is 76.5 Å². The maximum atomic E-state index is 13.2. The fourth-order valence-corrected chi connectivity index (χ4v) is 3.68. The minimum absolute atomic E-state index is 0.0196. The van der Waals surface area contributed by atoms with Crippen LogP contribution >= 0.6 is 0 Å². The maximum Gasteiger partial charge on any atom is 0.259 e. The van der Waals surface area contributed by atoms with Gasteiger partial charge < -0.3 is 9.42 Å². The first-order chi connectivity index (χ1) is 12.1. The van der Waals surface area contributed by atoms with Gasteiger partial charge in [-0.1, -0.05) is 5.16 Å². The molecule has 1 aliphatic rings. The zero-order chi connectivity index (χ0) is 17.6. The van der Waals surface area contributed by atoms with E-state index in [2.05, 4.69) is 10.3 Å². The summed E-state index contributed by atoms with van der Waals surface area (Å²) < 4.78 is 7.00. The SMILES string of the molecule is Cc1noc(C)c1C(=O)N1CCCCC1c1cc(C)n2nccc2n1. The van der Waals surface area contributed by atoms with Crippen LogP contribution < -0.4 is 0 Å².